The van der Waals surface area contributed by atoms with Gasteiger partial charge in [-0.25, -0.2) is 14.8 Å². The van der Waals surface area contributed by atoms with Crippen LogP contribution in [0.15, 0.2) is 17.4 Å². The van der Waals surface area contributed by atoms with Crippen LogP contribution in [-0.4, -0.2) is 49.1 Å². The van der Waals surface area contributed by atoms with Crippen LogP contribution in [0.1, 0.15) is 39.3 Å². The minimum Gasteiger partial charge on any atom is -0.444 e. The smallest absolute Gasteiger partial charge is 0.410 e. The lowest BCUT2D eigenvalue weighted by Gasteiger charge is -2.28. The first-order valence-corrected chi connectivity index (χ1v) is 8.76. The van der Waals surface area contributed by atoms with Crippen molar-refractivity contribution in [1.29, 1.82) is 0 Å². The highest BCUT2D eigenvalue weighted by Crippen LogP contribution is 2.22. The fourth-order valence-corrected chi connectivity index (χ4v) is 3.62. The molecule has 1 aromatic heterocycles. The first kappa shape index (κ1) is 16.9. The van der Waals surface area contributed by atoms with Crippen LogP contribution in [-0.2, 0) is 15.5 Å². The maximum absolute atomic E-state index is 12.4. The van der Waals surface area contributed by atoms with Crippen molar-refractivity contribution in [2.24, 2.45) is 0 Å². The Balaban J connectivity index is 2.02. The lowest BCUT2D eigenvalue weighted by atomic mass is 10.2. The Labute approximate surface area is 133 Å². The molecule has 0 aromatic carbocycles. The van der Waals surface area contributed by atoms with Gasteiger partial charge in [-0.3, -0.25) is 4.21 Å². The Bertz CT molecular complexity index is 571. The fraction of sp³-hybridized carbons (Fsp3) is 0.667. The summed E-state index contributed by atoms with van der Waals surface area (Å²) in [4.78, 5) is 22.2. The summed E-state index contributed by atoms with van der Waals surface area (Å²) in [5, 5.41) is 0.330. The third-order valence-electron chi connectivity index (χ3n) is 3.33. The van der Waals surface area contributed by atoms with Crippen LogP contribution in [0, 0.1) is 6.92 Å². The number of aromatic nitrogens is 2. The zero-order chi connectivity index (χ0) is 16.3. The third-order valence-corrected chi connectivity index (χ3v) is 4.62. The van der Waals surface area contributed by atoms with Crippen LogP contribution in [0.3, 0.4) is 0 Å². The van der Waals surface area contributed by atoms with E-state index in [9.17, 15) is 9.00 Å². The second-order valence-corrected chi connectivity index (χ2v) is 7.85. The summed E-state index contributed by atoms with van der Waals surface area (Å²) in [6.45, 7) is 8.01. The monoisotopic (exact) mass is 325 g/mol. The zero-order valence-corrected chi connectivity index (χ0v) is 14.4. The molecule has 2 heterocycles. The number of carbonyl (C=O) groups is 1. The van der Waals surface area contributed by atoms with Gasteiger partial charge >= 0.3 is 6.09 Å². The molecule has 2 atom stereocenters. The molecule has 0 radical (unpaired) electrons. The highest BCUT2D eigenvalue weighted by molar-refractivity contribution is 7.84. The summed E-state index contributed by atoms with van der Waals surface area (Å²) in [6.07, 6.45) is 3.00. The van der Waals surface area contributed by atoms with Crippen molar-refractivity contribution in [2.75, 3.05) is 12.3 Å². The van der Waals surface area contributed by atoms with Crippen LogP contribution >= 0.6 is 0 Å². The van der Waals surface area contributed by atoms with Crippen molar-refractivity contribution in [1.82, 2.24) is 14.9 Å². The Morgan fingerprint density at radius 1 is 1.50 bits per heavy atom. The normalized spacial score (nSPS) is 20.0. The van der Waals surface area contributed by atoms with Gasteiger partial charge in [0.1, 0.15) is 5.60 Å². The molecule has 1 fully saturated rings. The summed E-state index contributed by atoms with van der Waals surface area (Å²) in [7, 11) is -1.32. The van der Waals surface area contributed by atoms with Crippen molar-refractivity contribution < 1.29 is 13.7 Å². The van der Waals surface area contributed by atoms with E-state index in [1.165, 1.54) is 0 Å². The predicted octanol–water partition coefficient (Wildman–Crippen LogP) is 2.29. The van der Waals surface area contributed by atoms with E-state index >= 15 is 0 Å². The molecule has 1 aromatic rings. The number of hydrogen-bond acceptors (Lipinski definition) is 5. The average Bonchev–Trinajstić information content (AvgIpc) is 2.85. The number of nitrogens with zero attached hydrogens (tertiary/aromatic N) is 3. The number of amides is 1. The van der Waals surface area contributed by atoms with E-state index in [4.69, 9.17) is 4.74 Å². The predicted molar refractivity (Wildman–Crippen MR) is 84.0 cm³/mol. The van der Waals surface area contributed by atoms with E-state index in [0.717, 1.165) is 18.5 Å². The van der Waals surface area contributed by atoms with E-state index in [1.807, 2.05) is 27.7 Å². The van der Waals surface area contributed by atoms with Gasteiger partial charge in [0, 0.05) is 24.5 Å². The Morgan fingerprint density at radius 3 is 2.86 bits per heavy atom. The summed E-state index contributed by atoms with van der Waals surface area (Å²) in [5.41, 5.74) is 0.261. The molecule has 122 valence electrons. The van der Waals surface area contributed by atoms with Gasteiger partial charge in [0.05, 0.1) is 16.6 Å². The number of carbonyl (C=O) groups excluding carboxylic acids is 1. The molecule has 1 aliphatic rings. The van der Waals surface area contributed by atoms with E-state index in [1.54, 1.807) is 17.2 Å². The lowest BCUT2D eigenvalue weighted by molar-refractivity contribution is 0.0241. The molecule has 0 saturated carbocycles. The van der Waals surface area contributed by atoms with Crippen LogP contribution in [0.25, 0.3) is 0 Å². The molecule has 1 saturated heterocycles. The molecule has 0 unspecified atom stereocenters. The van der Waals surface area contributed by atoms with Crippen molar-refractivity contribution in [2.45, 2.75) is 57.3 Å². The highest BCUT2D eigenvalue weighted by atomic mass is 32.2. The summed E-state index contributed by atoms with van der Waals surface area (Å²) in [5.74, 6) is 0.350. The second-order valence-electron chi connectivity index (χ2n) is 6.46. The molecule has 1 aliphatic heterocycles. The fourth-order valence-electron chi connectivity index (χ4n) is 2.35. The molecule has 6 nitrogen and oxygen atoms in total. The molecule has 0 aliphatic carbocycles. The van der Waals surface area contributed by atoms with Crippen LogP contribution < -0.4 is 0 Å². The minimum absolute atomic E-state index is 0.0835. The minimum atomic E-state index is -1.32. The van der Waals surface area contributed by atoms with E-state index in [0.29, 0.717) is 17.5 Å². The molecule has 0 N–H and O–H groups in total. The molecule has 2 rings (SSSR count). The molecule has 0 spiro atoms. The molecule has 7 heteroatoms. The topological polar surface area (TPSA) is 72.4 Å². The van der Waals surface area contributed by atoms with Gasteiger partial charge < -0.3 is 9.64 Å². The van der Waals surface area contributed by atoms with Gasteiger partial charge in [0.25, 0.3) is 0 Å². The van der Waals surface area contributed by atoms with Gasteiger partial charge in [0.15, 0.2) is 0 Å². The van der Waals surface area contributed by atoms with Gasteiger partial charge in [-0.05, 0) is 46.6 Å². The quantitative estimate of drug-likeness (QED) is 0.797. The van der Waals surface area contributed by atoms with Gasteiger partial charge in [-0.2, -0.15) is 0 Å². The average molecular weight is 325 g/mol. The maximum atomic E-state index is 12.4. The number of rotatable bonds is 3. The summed E-state index contributed by atoms with van der Waals surface area (Å²) < 4.78 is 17.8. The van der Waals surface area contributed by atoms with Crippen molar-refractivity contribution in [3.8, 4) is 0 Å². The molecular weight excluding hydrogens is 302 g/mol. The second kappa shape index (κ2) is 6.73. The standard InChI is InChI=1S/C15H23N3O3S/c1-11-7-8-16-13(17-11)22(20)10-12-6-5-9-18(12)14(19)21-15(2,3)4/h7-8,12H,5-6,9-10H2,1-4H3/t12-,22+/m1/s1. The van der Waals surface area contributed by atoms with Crippen molar-refractivity contribution in [3.63, 3.8) is 0 Å². The molecule has 1 amide bonds. The maximum Gasteiger partial charge on any atom is 0.410 e. The van der Waals surface area contributed by atoms with Gasteiger partial charge in [-0.1, -0.05) is 0 Å². The van der Waals surface area contributed by atoms with E-state index in [-0.39, 0.29) is 12.1 Å². The molecule has 22 heavy (non-hydrogen) atoms. The lowest BCUT2D eigenvalue weighted by Crippen LogP contribution is -2.42. The number of likely N-dealkylation sites (tertiary alicyclic amines) is 1. The van der Waals surface area contributed by atoms with Crippen molar-refractivity contribution >= 4 is 16.9 Å². The number of hydrogen-bond donors (Lipinski definition) is 0. The van der Waals surface area contributed by atoms with Crippen LogP contribution in [0.5, 0.6) is 0 Å². The number of aryl methyl sites for hydroxylation is 1. The Kier molecular flexibility index (Phi) is 5.16. The molecule has 0 bridgehead atoms. The van der Waals surface area contributed by atoms with Crippen molar-refractivity contribution in [3.05, 3.63) is 18.0 Å². The third kappa shape index (κ3) is 4.50. The van der Waals surface area contributed by atoms with Crippen LogP contribution in [0.4, 0.5) is 4.79 Å². The number of ether oxygens (including phenoxy) is 1. The Morgan fingerprint density at radius 2 is 2.23 bits per heavy atom. The van der Waals surface area contributed by atoms with Crippen LogP contribution in [0.2, 0.25) is 0 Å². The summed E-state index contributed by atoms with van der Waals surface area (Å²) in [6, 6.07) is 1.68. The Hall–Kier alpha value is -1.50. The van der Waals surface area contributed by atoms with Gasteiger partial charge in [-0.15, -0.1) is 0 Å². The summed E-state index contributed by atoms with van der Waals surface area (Å²) >= 11 is 0. The first-order chi connectivity index (χ1) is 10.3. The van der Waals surface area contributed by atoms with E-state index < -0.39 is 16.4 Å². The van der Waals surface area contributed by atoms with E-state index in [2.05, 4.69) is 9.97 Å². The largest absolute Gasteiger partial charge is 0.444 e. The first-order valence-electron chi connectivity index (χ1n) is 7.44. The SMILES string of the molecule is Cc1ccnc([S@@](=O)C[C@H]2CCCN2C(=O)OC(C)(C)C)n1. The molecular formula is C15H23N3O3S. The zero-order valence-electron chi connectivity index (χ0n) is 13.5. The van der Waals surface area contributed by atoms with Gasteiger partial charge in [0.2, 0.25) is 5.16 Å². The highest BCUT2D eigenvalue weighted by Gasteiger charge is 2.33.